The zero-order chi connectivity index (χ0) is 23.7. The summed E-state index contributed by atoms with van der Waals surface area (Å²) in [6.07, 6.45) is 1.86. The summed E-state index contributed by atoms with van der Waals surface area (Å²) in [6, 6.07) is 26.1. The van der Waals surface area contributed by atoms with Gasteiger partial charge in [0.15, 0.2) is 0 Å². The fraction of sp³-hybridized carbons (Fsp3) is 0.103. The van der Waals surface area contributed by atoms with Gasteiger partial charge in [-0.15, -0.1) is 0 Å². The molecule has 4 nitrogen and oxygen atoms in total. The van der Waals surface area contributed by atoms with Crippen LogP contribution in [0.2, 0.25) is 5.02 Å². The quantitative estimate of drug-likeness (QED) is 0.272. The van der Waals surface area contributed by atoms with E-state index in [1.165, 1.54) is 11.1 Å². The van der Waals surface area contributed by atoms with Gasteiger partial charge >= 0.3 is 0 Å². The number of hydrogen-bond donors (Lipinski definition) is 1. The second-order valence-electron chi connectivity index (χ2n) is 8.32. The van der Waals surface area contributed by atoms with Crippen LogP contribution in [0.1, 0.15) is 28.1 Å². The van der Waals surface area contributed by atoms with E-state index in [0.717, 1.165) is 32.9 Å². The van der Waals surface area contributed by atoms with E-state index in [1.807, 2.05) is 66.7 Å². The van der Waals surface area contributed by atoms with Crippen LogP contribution in [0.4, 0.5) is 0 Å². The largest absolute Gasteiger partial charge is 0.488 e. The molecule has 1 aromatic heterocycles. The van der Waals surface area contributed by atoms with Gasteiger partial charge in [0.25, 0.3) is 0 Å². The maximum atomic E-state index is 10.0. The Bertz CT molecular complexity index is 1550. The van der Waals surface area contributed by atoms with Crippen LogP contribution < -0.4 is 4.74 Å². The molecule has 1 heterocycles. The van der Waals surface area contributed by atoms with Crippen LogP contribution in [0.25, 0.3) is 33.5 Å². The number of nitriles is 1. The molecule has 0 aliphatic carbocycles. The van der Waals surface area contributed by atoms with Gasteiger partial charge in [0, 0.05) is 10.6 Å². The van der Waals surface area contributed by atoms with Crippen LogP contribution in [0.5, 0.6) is 5.75 Å². The summed E-state index contributed by atoms with van der Waals surface area (Å²) in [4.78, 5) is 8.00. The van der Waals surface area contributed by atoms with E-state index in [1.54, 1.807) is 0 Å². The third-order valence-electron chi connectivity index (χ3n) is 6.00. The molecule has 0 spiro atoms. The van der Waals surface area contributed by atoms with Crippen LogP contribution in [0.3, 0.4) is 0 Å². The lowest BCUT2D eigenvalue weighted by Gasteiger charge is -2.13. The maximum absolute atomic E-state index is 10.0. The molecule has 0 radical (unpaired) electrons. The Balaban J connectivity index is 1.59. The summed E-state index contributed by atoms with van der Waals surface area (Å²) < 4.78 is 6.22. The van der Waals surface area contributed by atoms with Crippen LogP contribution in [-0.4, -0.2) is 9.97 Å². The molecule has 0 saturated heterocycles. The maximum Gasteiger partial charge on any atom is 0.149 e. The number of halogens is 1. The molecule has 0 unspecified atom stereocenters. The lowest BCUT2D eigenvalue weighted by atomic mass is 10.0. The van der Waals surface area contributed by atoms with E-state index in [2.05, 4.69) is 37.0 Å². The van der Waals surface area contributed by atoms with Crippen LogP contribution in [0.15, 0.2) is 72.8 Å². The van der Waals surface area contributed by atoms with Crippen molar-refractivity contribution in [1.82, 2.24) is 9.97 Å². The first-order chi connectivity index (χ1) is 16.5. The van der Waals surface area contributed by atoms with E-state index in [4.69, 9.17) is 21.3 Å². The van der Waals surface area contributed by atoms with Gasteiger partial charge < -0.3 is 9.72 Å². The molecule has 0 bridgehead atoms. The van der Waals surface area contributed by atoms with Crippen molar-refractivity contribution in [1.29, 1.82) is 5.26 Å². The van der Waals surface area contributed by atoms with Gasteiger partial charge in [-0.25, -0.2) is 4.98 Å². The fourth-order valence-electron chi connectivity index (χ4n) is 3.99. The number of aryl methyl sites for hydroxylation is 2. The van der Waals surface area contributed by atoms with E-state index >= 15 is 0 Å². The minimum atomic E-state index is 0.390. The van der Waals surface area contributed by atoms with Gasteiger partial charge in [0.2, 0.25) is 0 Å². The molecule has 0 fully saturated rings. The predicted molar refractivity (Wildman–Crippen MR) is 139 cm³/mol. The first-order valence-electron chi connectivity index (χ1n) is 11.0. The molecule has 5 heteroatoms. The molecule has 5 rings (SSSR count). The number of imidazole rings is 1. The Morgan fingerprint density at radius 2 is 1.79 bits per heavy atom. The topological polar surface area (TPSA) is 61.7 Å². The van der Waals surface area contributed by atoms with Crippen molar-refractivity contribution in [3.63, 3.8) is 0 Å². The van der Waals surface area contributed by atoms with Gasteiger partial charge in [-0.2, -0.15) is 5.26 Å². The molecule has 34 heavy (non-hydrogen) atoms. The normalized spacial score (nSPS) is 11.6. The SMILES string of the molecule is Cc1cc2nc(/C(C#N)=C/c3c(OCc4ccc(Cl)cc4)ccc4ccccc34)[nH]c2cc1C. The van der Waals surface area contributed by atoms with E-state index in [0.29, 0.717) is 28.8 Å². The molecule has 0 aliphatic heterocycles. The third kappa shape index (κ3) is 4.26. The monoisotopic (exact) mass is 463 g/mol. The number of benzene rings is 4. The number of aromatic amines is 1. The molecular weight excluding hydrogens is 442 g/mol. The second-order valence-corrected chi connectivity index (χ2v) is 8.76. The molecule has 166 valence electrons. The van der Waals surface area contributed by atoms with Gasteiger partial charge in [0.05, 0.1) is 16.6 Å². The highest BCUT2D eigenvalue weighted by Gasteiger charge is 2.13. The third-order valence-corrected chi connectivity index (χ3v) is 6.25. The van der Waals surface area contributed by atoms with Crippen molar-refractivity contribution >= 4 is 45.1 Å². The number of nitrogens with one attached hydrogen (secondary N) is 1. The number of allylic oxidation sites excluding steroid dienone is 1. The average Bonchev–Trinajstić information content (AvgIpc) is 3.25. The van der Waals surface area contributed by atoms with E-state index in [-0.39, 0.29) is 0 Å². The van der Waals surface area contributed by atoms with Crippen LogP contribution in [-0.2, 0) is 6.61 Å². The number of hydrogen-bond acceptors (Lipinski definition) is 3. The van der Waals surface area contributed by atoms with Crippen molar-refractivity contribution < 1.29 is 4.74 Å². The van der Waals surface area contributed by atoms with Gasteiger partial charge in [0.1, 0.15) is 24.3 Å². The number of ether oxygens (including phenoxy) is 1. The molecule has 0 amide bonds. The number of nitrogens with zero attached hydrogens (tertiary/aromatic N) is 2. The minimum Gasteiger partial charge on any atom is -0.488 e. The minimum absolute atomic E-state index is 0.390. The van der Waals surface area contributed by atoms with Crippen molar-refractivity contribution in [3.05, 3.63) is 106 Å². The summed E-state index contributed by atoms with van der Waals surface area (Å²) in [5.41, 5.74) is 6.40. The molecular formula is C29H22ClN3O. The second kappa shape index (κ2) is 9.05. The first kappa shape index (κ1) is 21.8. The summed E-state index contributed by atoms with van der Waals surface area (Å²) in [5.74, 6) is 1.24. The Morgan fingerprint density at radius 3 is 2.59 bits per heavy atom. The van der Waals surface area contributed by atoms with Crippen molar-refractivity contribution in [3.8, 4) is 11.8 Å². The highest BCUT2D eigenvalue weighted by atomic mass is 35.5. The Kier molecular flexibility index (Phi) is 5.79. The zero-order valence-electron chi connectivity index (χ0n) is 18.9. The number of H-pyrrole nitrogens is 1. The lowest BCUT2D eigenvalue weighted by Crippen LogP contribution is -1.98. The zero-order valence-corrected chi connectivity index (χ0v) is 19.6. The van der Waals surface area contributed by atoms with Gasteiger partial charge in [-0.3, -0.25) is 0 Å². The molecule has 0 atom stereocenters. The van der Waals surface area contributed by atoms with Crippen LogP contribution in [0, 0.1) is 25.2 Å². The van der Waals surface area contributed by atoms with Crippen molar-refractivity contribution in [2.75, 3.05) is 0 Å². The summed E-state index contributed by atoms with van der Waals surface area (Å²) in [6.45, 7) is 4.52. The highest BCUT2D eigenvalue weighted by molar-refractivity contribution is 6.30. The molecule has 0 aliphatic rings. The summed E-state index contributed by atoms with van der Waals surface area (Å²) >= 11 is 6.01. The predicted octanol–water partition coefficient (Wildman–Crippen LogP) is 7.63. The van der Waals surface area contributed by atoms with E-state index < -0.39 is 0 Å². The summed E-state index contributed by atoms with van der Waals surface area (Å²) in [5, 5.41) is 12.8. The smallest absolute Gasteiger partial charge is 0.149 e. The van der Waals surface area contributed by atoms with Crippen LogP contribution >= 0.6 is 11.6 Å². The number of aromatic nitrogens is 2. The average molecular weight is 464 g/mol. The van der Waals surface area contributed by atoms with Gasteiger partial charge in [-0.05, 0) is 77.7 Å². The molecule has 0 saturated carbocycles. The Morgan fingerprint density at radius 1 is 1.03 bits per heavy atom. The van der Waals surface area contributed by atoms with Crippen molar-refractivity contribution in [2.24, 2.45) is 0 Å². The first-order valence-corrected chi connectivity index (χ1v) is 11.4. The molecule has 5 aromatic rings. The molecule has 1 N–H and O–H groups in total. The summed E-state index contributed by atoms with van der Waals surface area (Å²) in [7, 11) is 0. The lowest BCUT2D eigenvalue weighted by molar-refractivity contribution is 0.306. The number of rotatable bonds is 5. The standard InChI is InChI=1S/C29H22ClN3O/c1-18-13-26-27(14-19(18)2)33-29(32-26)22(16-31)15-25-24-6-4-3-5-21(24)9-12-28(25)34-17-20-7-10-23(30)11-8-20/h3-15H,17H2,1-2H3,(H,32,33)/b22-15+. The molecule has 4 aromatic carbocycles. The van der Waals surface area contributed by atoms with Crippen molar-refractivity contribution in [2.45, 2.75) is 20.5 Å². The Hall–Kier alpha value is -4.07. The van der Waals surface area contributed by atoms with E-state index in [9.17, 15) is 5.26 Å². The van der Waals surface area contributed by atoms with Gasteiger partial charge in [-0.1, -0.05) is 54.1 Å². The highest BCUT2D eigenvalue weighted by Crippen LogP contribution is 2.32. The Labute approximate surface area is 203 Å². The fourth-order valence-corrected chi connectivity index (χ4v) is 4.11. The number of fused-ring (bicyclic) bond motifs is 2.